The molecule has 8 nitrogen and oxygen atoms in total. The molecule has 4 rings (SSSR count). The molecule has 2 atom stereocenters. The van der Waals surface area contributed by atoms with Crippen LogP contribution >= 0.6 is 23.2 Å². The van der Waals surface area contributed by atoms with E-state index in [1.807, 2.05) is 55.5 Å². The maximum Gasteiger partial charge on any atom is 0.328 e. The van der Waals surface area contributed by atoms with Crippen molar-refractivity contribution >= 4 is 52.5 Å². The average Bonchev–Trinajstić information content (AvgIpc) is 3.26. The highest BCUT2D eigenvalue weighted by Crippen LogP contribution is 2.34. The molecule has 1 aliphatic carbocycles. The first kappa shape index (κ1) is 26.3. The van der Waals surface area contributed by atoms with Gasteiger partial charge in [0.15, 0.2) is 0 Å². The van der Waals surface area contributed by atoms with Crippen LogP contribution in [0.25, 0.3) is 0 Å². The second kappa shape index (κ2) is 11.5. The number of carbonyl (C=O) groups excluding carboxylic acids is 2. The van der Waals surface area contributed by atoms with Crippen LogP contribution in [0, 0.1) is 6.92 Å². The first-order chi connectivity index (χ1) is 17.7. The molecule has 3 aromatic carbocycles. The Bertz CT molecular complexity index is 1350. The van der Waals surface area contributed by atoms with Crippen LogP contribution in [0.3, 0.4) is 0 Å². The van der Waals surface area contributed by atoms with Crippen molar-refractivity contribution in [2.75, 3.05) is 11.9 Å². The van der Waals surface area contributed by atoms with Gasteiger partial charge in [0.25, 0.3) is 5.91 Å². The van der Waals surface area contributed by atoms with Crippen molar-refractivity contribution in [3.8, 4) is 0 Å². The molecule has 0 bridgehead atoms. The number of amides is 3. The van der Waals surface area contributed by atoms with Crippen molar-refractivity contribution in [1.29, 1.82) is 0 Å². The molecule has 192 valence electrons. The van der Waals surface area contributed by atoms with Crippen LogP contribution in [0.5, 0.6) is 0 Å². The summed E-state index contributed by atoms with van der Waals surface area (Å²) in [6.45, 7) is 1.61. The fourth-order valence-electron chi connectivity index (χ4n) is 4.28. The van der Waals surface area contributed by atoms with Gasteiger partial charge < -0.3 is 26.4 Å². The Balaban J connectivity index is 1.41. The zero-order valence-corrected chi connectivity index (χ0v) is 21.5. The van der Waals surface area contributed by atoms with E-state index in [9.17, 15) is 19.5 Å². The minimum absolute atomic E-state index is 0.0428. The van der Waals surface area contributed by atoms with Crippen LogP contribution in [0.2, 0.25) is 10.0 Å². The van der Waals surface area contributed by atoms with E-state index < -0.39 is 23.9 Å². The number of halogens is 2. The molecule has 0 aliphatic heterocycles. The molecule has 0 saturated heterocycles. The number of nitrogens with one attached hydrogen (secondary N) is 4. The van der Waals surface area contributed by atoms with Gasteiger partial charge in [0.2, 0.25) is 0 Å². The Hall–Kier alpha value is -3.75. The third-order valence-corrected chi connectivity index (χ3v) is 6.83. The summed E-state index contributed by atoms with van der Waals surface area (Å²) >= 11 is 12.7. The lowest BCUT2D eigenvalue weighted by Crippen LogP contribution is -2.50. The summed E-state index contributed by atoms with van der Waals surface area (Å²) in [6, 6.07) is 16.5. The summed E-state index contributed by atoms with van der Waals surface area (Å²) in [7, 11) is 0. The van der Waals surface area contributed by atoms with E-state index in [0.717, 1.165) is 29.7 Å². The third-order valence-electron chi connectivity index (χ3n) is 6.12. The molecule has 10 heteroatoms. The fourth-order valence-corrected chi connectivity index (χ4v) is 4.87. The molecule has 0 saturated carbocycles. The molecule has 37 heavy (non-hydrogen) atoms. The summed E-state index contributed by atoms with van der Waals surface area (Å²) in [5.74, 6) is -2.09. The minimum Gasteiger partial charge on any atom is -0.480 e. The van der Waals surface area contributed by atoms with Gasteiger partial charge in [-0.3, -0.25) is 4.79 Å². The fraction of sp³-hybridized carbons (Fsp3) is 0.222. The van der Waals surface area contributed by atoms with E-state index in [4.69, 9.17) is 23.2 Å². The lowest BCUT2D eigenvalue weighted by atomic mass is 10.1. The van der Waals surface area contributed by atoms with Gasteiger partial charge in [-0.2, -0.15) is 0 Å². The van der Waals surface area contributed by atoms with Crippen LogP contribution in [0.4, 0.5) is 16.2 Å². The van der Waals surface area contributed by atoms with Crippen LogP contribution in [0.1, 0.15) is 39.5 Å². The van der Waals surface area contributed by atoms with Crippen LogP contribution in [-0.2, 0) is 11.2 Å². The number of hydrogen-bond acceptors (Lipinski definition) is 4. The molecule has 0 aromatic heterocycles. The van der Waals surface area contributed by atoms with Crippen molar-refractivity contribution in [3.05, 3.63) is 93.0 Å². The van der Waals surface area contributed by atoms with Crippen molar-refractivity contribution in [1.82, 2.24) is 16.0 Å². The van der Waals surface area contributed by atoms with Gasteiger partial charge in [-0.15, -0.1) is 0 Å². The molecule has 5 N–H and O–H groups in total. The maximum absolute atomic E-state index is 13.0. The second-order valence-electron chi connectivity index (χ2n) is 8.79. The number of urea groups is 1. The highest BCUT2D eigenvalue weighted by atomic mass is 35.5. The number of carboxylic acid groups (broad SMARTS) is 1. The van der Waals surface area contributed by atoms with Crippen LogP contribution < -0.4 is 21.3 Å². The molecule has 3 aromatic rings. The molecule has 0 heterocycles. The molecule has 0 unspecified atom stereocenters. The lowest BCUT2D eigenvalue weighted by Gasteiger charge is -2.19. The van der Waals surface area contributed by atoms with Crippen LogP contribution in [0.15, 0.2) is 60.7 Å². The van der Waals surface area contributed by atoms with Gasteiger partial charge in [0.05, 0.1) is 33.9 Å². The number of rotatable bonds is 8. The summed E-state index contributed by atoms with van der Waals surface area (Å²) in [5.41, 5.74) is 4.38. The van der Waals surface area contributed by atoms with Crippen LogP contribution in [-0.4, -0.2) is 35.6 Å². The van der Waals surface area contributed by atoms with Gasteiger partial charge >= 0.3 is 12.0 Å². The molecule has 0 radical (unpaired) electrons. The van der Waals surface area contributed by atoms with Crippen molar-refractivity contribution < 1.29 is 19.5 Å². The predicted molar refractivity (Wildman–Crippen MR) is 144 cm³/mol. The van der Waals surface area contributed by atoms with E-state index in [2.05, 4.69) is 21.3 Å². The standard InChI is InChI=1S/C27H26Cl2N4O4/c1-15-5-4-7-17(13-15)31-21-12-10-19(28)23(24(21)29)25(34)32-22(26(35)36)14-30-27(37)33-20-11-9-16-6-2-3-8-18(16)20/h2-8,10,12-13,20,22,31H,9,11,14H2,1H3,(H,32,34)(H,35,36)(H2,30,33,37)/t20-,22+/m1/s1. The number of aliphatic carboxylic acids is 1. The molecular formula is C27H26Cl2N4O4. The first-order valence-electron chi connectivity index (χ1n) is 11.7. The summed E-state index contributed by atoms with van der Waals surface area (Å²) in [5, 5.41) is 20.7. The Morgan fingerprint density at radius 1 is 1.05 bits per heavy atom. The zero-order valence-electron chi connectivity index (χ0n) is 20.0. The highest BCUT2D eigenvalue weighted by molar-refractivity contribution is 6.41. The van der Waals surface area contributed by atoms with E-state index >= 15 is 0 Å². The quantitative estimate of drug-likeness (QED) is 0.268. The minimum atomic E-state index is -1.41. The van der Waals surface area contributed by atoms with Gasteiger partial charge in [0, 0.05) is 5.69 Å². The largest absolute Gasteiger partial charge is 0.480 e. The van der Waals surface area contributed by atoms with E-state index in [-0.39, 0.29) is 28.2 Å². The molecule has 0 fully saturated rings. The molecule has 0 spiro atoms. The normalized spacial score (nSPS) is 14.8. The lowest BCUT2D eigenvalue weighted by molar-refractivity contribution is -0.139. The summed E-state index contributed by atoms with van der Waals surface area (Å²) in [4.78, 5) is 37.3. The Morgan fingerprint density at radius 3 is 2.59 bits per heavy atom. The SMILES string of the molecule is Cc1cccc(Nc2ccc(Cl)c(C(=O)N[C@@H](CNC(=O)N[C@@H]3CCc4ccccc43)C(=O)O)c2Cl)c1. The number of hydrogen-bond donors (Lipinski definition) is 5. The predicted octanol–water partition coefficient (Wildman–Crippen LogP) is 5.22. The number of carboxylic acids is 1. The topological polar surface area (TPSA) is 120 Å². The Labute approximate surface area is 224 Å². The van der Waals surface area contributed by atoms with E-state index in [0.29, 0.717) is 5.69 Å². The first-order valence-corrected chi connectivity index (χ1v) is 12.5. The molecule has 3 amide bonds. The van der Waals surface area contributed by atoms with E-state index in [1.165, 1.54) is 11.6 Å². The number of carbonyl (C=O) groups is 3. The Morgan fingerprint density at radius 2 is 1.84 bits per heavy atom. The maximum atomic E-state index is 13.0. The van der Waals surface area contributed by atoms with Gasteiger partial charge in [-0.1, -0.05) is 59.6 Å². The van der Waals surface area contributed by atoms with Crippen molar-refractivity contribution in [2.45, 2.75) is 31.8 Å². The van der Waals surface area contributed by atoms with Gasteiger partial charge in [0.1, 0.15) is 6.04 Å². The van der Waals surface area contributed by atoms with Crippen molar-refractivity contribution in [3.63, 3.8) is 0 Å². The second-order valence-corrected chi connectivity index (χ2v) is 9.57. The third kappa shape index (κ3) is 6.34. The summed E-state index contributed by atoms with van der Waals surface area (Å²) < 4.78 is 0. The zero-order chi connectivity index (χ0) is 26.5. The van der Waals surface area contributed by atoms with Crippen molar-refractivity contribution in [2.24, 2.45) is 0 Å². The van der Waals surface area contributed by atoms with Gasteiger partial charge in [-0.25, -0.2) is 9.59 Å². The number of aryl methyl sites for hydroxylation is 2. The smallest absolute Gasteiger partial charge is 0.328 e. The highest BCUT2D eigenvalue weighted by Gasteiger charge is 2.27. The van der Waals surface area contributed by atoms with E-state index in [1.54, 1.807) is 6.07 Å². The number of benzene rings is 3. The Kier molecular flexibility index (Phi) is 8.21. The molecular weight excluding hydrogens is 515 g/mol. The summed E-state index contributed by atoms with van der Waals surface area (Å²) in [6.07, 6.45) is 1.62. The monoisotopic (exact) mass is 540 g/mol. The van der Waals surface area contributed by atoms with Gasteiger partial charge in [-0.05, 0) is 60.7 Å². The number of anilines is 2. The number of fused-ring (bicyclic) bond motifs is 1. The molecule has 1 aliphatic rings. The average molecular weight is 541 g/mol.